The molecule has 0 saturated carbocycles. The maximum absolute atomic E-state index is 11.7. The summed E-state index contributed by atoms with van der Waals surface area (Å²) in [4.78, 5) is 34.8. The maximum atomic E-state index is 11.7. The van der Waals surface area contributed by atoms with E-state index in [0.717, 1.165) is 0 Å². The van der Waals surface area contributed by atoms with E-state index >= 15 is 0 Å². The molecule has 0 atom stereocenters. The van der Waals surface area contributed by atoms with Gasteiger partial charge in [-0.2, -0.15) is 0 Å². The van der Waals surface area contributed by atoms with Crippen LogP contribution in [0.3, 0.4) is 0 Å². The Hall–Kier alpha value is -3.35. The Balaban J connectivity index is 1.98. The van der Waals surface area contributed by atoms with Crippen molar-refractivity contribution in [2.24, 2.45) is 0 Å². The summed E-state index contributed by atoms with van der Waals surface area (Å²) in [5, 5.41) is 0. The van der Waals surface area contributed by atoms with E-state index < -0.39 is 18.1 Å². The predicted octanol–water partition coefficient (Wildman–Crippen LogP) is 1.98. The van der Waals surface area contributed by atoms with Crippen LogP contribution in [0.2, 0.25) is 0 Å². The van der Waals surface area contributed by atoms with E-state index in [4.69, 9.17) is 11.5 Å². The van der Waals surface area contributed by atoms with Gasteiger partial charge in [-0.1, -0.05) is 12.1 Å². The first kappa shape index (κ1) is 15.0. The van der Waals surface area contributed by atoms with Crippen LogP contribution in [-0.4, -0.2) is 18.1 Å². The zero-order chi connectivity index (χ0) is 16.1. The first-order chi connectivity index (χ1) is 10.5. The highest BCUT2D eigenvalue weighted by atomic mass is 16.8. The van der Waals surface area contributed by atoms with Crippen LogP contribution in [0, 0.1) is 0 Å². The van der Waals surface area contributed by atoms with Gasteiger partial charge in [0.25, 0.3) is 0 Å². The van der Waals surface area contributed by atoms with Crippen molar-refractivity contribution in [1.29, 1.82) is 0 Å². The Morgan fingerprint density at radius 2 is 1.14 bits per heavy atom. The molecule has 4 N–H and O–H groups in total. The normalized spacial score (nSPS) is 9.82. The molecule has 22 heavy (non-hydrogen) atoms. The molecule has 0 spiro atoms. The van der Waals surface area contributed by atoms with E-state index in [1.54, 1.807) is 12.1 Å². The van der Waals surface area contributed by atoms with Crippen LogP contribution >= 0.6 is 0 Å². The van der Waals surface area contributed by atoms with E-state index in [9.17, 15) is 14.4 Å². The standard InChI is InChI=1S/C15H12N2O5/c16-11-5-1-3-9(7-11)13(18)21-15(20)22-14(19)10-4-2-6-12(17)8-10/h1-8H,16-17H2. The van der Waals surface area contributed by atoms with Gasteiger partial charge in [-0.3, -0.25) is 0 Å². The number of esters is 2. The monoisotopic (exact) mass is 300 g/mol. The van der Waals surface area contributed by atoms with Crippen molar-refractivity contribution in [1.82, 2.24) is 0 Å². The molecule has 2 aromatic carbocycles. The summed E-state index contributed by atoms with van der Waals surface area (Å²) in [6, 6.07) is 11.7. The third-order valence-corrected chi connectivity index (χ3v) is 2.60. The topological polar surface area (TPSA) is 122 Å². The second kappa shape index (κ2) is 6.40. The van der Waals surface area contributed by atoms with Gasteiger partial charge < -0.3 is 20.9 Å². The molecule has 7 heteroatoms. The lowest BCUT2D eigenvalue weighted by atomic mass is 10.2. The largest absolute Gasteiger partial charge is 0.524 e. The number of hydrogen-bond acceptors (Lipinski definition) is 7. The zero-order valence-electron chi connectivity index (χ0n) is 11.3. The number of carbonyl (C=O) groups is 3. The number of carbonyl (C=O) groups excluding carboxylic acids is 3. The average Bonchev–Trinajstić information content (AvgIpc) is 2.47. The van der Waals surface area contributed by atoms with Gasteiger partial charge >= 0.3 is 18.1 Å². The molecule has 0 heterocycles. The van der Waals surface area contributed by atoms with Gasteiger partial charge in [0.15, 0.2) is 0 Å². The number of nitrogens with two attached hydrogens (primary N) is 2. The number of anilines is 2. The fourth-order valence-electron chi connectivity index (χ4n) is 1.62. The molecule has 0 aliphatic carbocycles. The molecule has 2 rings (SSSR count). The molecule has 0 aliphatic rings. The molecule has 0 saturated heterocycles. The molecule has 0 radical (unpaired) electrons. The van der Waals surface area contributed by atoms with Crippen LogP contribution in [0.15, 0.2) is 48.5 Å². The second-order valence-electron chi connectivity index (χ2n) is 4.28. The lowest BCUT2D eigenvalue weighted by molar-refractivity contribution is 0.0337. The Morgan fingerprint density at radius 3 is 1.50 bits per heavy atom. The summed E-state index contributed by atoms with van der Waals surface area (Å²) >= 11 is 0. The van der Waals surface area contributed by atoms with Crippen molar-refractivity contribution >= 4 is 29.5 Å². The van der Waals surface area contributed by atoms with Gasteiger partial charge in [-0.15, -0.1) is 0 Å². The predicted molar refractivity (Wildman–Crippen MR) is 77.9 cm³/mol. The number of hydrogen-bond donors (Lipinski definition) is 2. The van der Waals surface area contributed by atoms with Crippen molar-refractivity contribution < 1.29 is 23.9 Å². The second-order valence-corrected chi connectivity index (χ2v) is 4.28. The van der Waals surface area contributed by atoms with Crippen molar-refractivity contribution in [2.75, 3.05) is 11.5 Å². The average molecular weight is 300 g/mol. The maximum Gasteiger partial charge on any atom is 0.524 e. The highest BCUT2D eigenvalue weighted by molar-refractivity contribution is 6.01. The number of rotatable bonds is 2. The minimum Gasteiger partial charge on any atom is -0.399 e. The van der Waals surface area contributed by atoms with E-state index in [1.165, 1.54) is 36.4 Å². The van der Waals surface area contributed by atoms with Gasteiger partial charge in [-0.25, -0.2) is 14.4 Å². The highest BCUT2D eigenvalue weighted by Gasteiger charge is 2.19. The molecular formula is C15H12N2O5. The van der Waals surface area contributed by atoms with Crippen LogP contribution in [0.5, 0.6) is 0 Å². The number of ether oxygens (including phenoxy) is 2. The van der Waals surface area contributed by atoms with Crippen molar-refractivity contribution in [3.63, 3.8) is 0 Å². The Morgan fingerprint density at radius 1 is 0.727 bits per heavy atom. The summed E-state index contributed by atoms with van der Waals surface area (Å²) in [5.74, 6) is -1.95. The summed E-state index contributed by atoms with van der Waals surface area (Å²) < 4.78 is 8.81. The molecule has 2 aromatic rings. The van der Waals surface area contributed by atoms with Crippen LogP contribution in [0.1, 0.15) is 20.7 Å². The Labute approximate surface area is 125 Å². The van der Waals surface area contributed by atoms with Gasteiger partial charge in [0.2, 0.25) is 0 Å². The minimum atomic E-state index is -1.43. The van der Waals surface area contributed by atoms with E-state index in [2.05, 4.69) is 9.47 Å². The molecule has 0 aromatic heterocycles. The van der Waals surface area contributed by atoms with Crippen LogP contribution < -0.4 is 11.5 Å². The van der Waals surface area contributed by atoms with Crippen molar-refractivity contribution in [3.05, 3.63) is 59.7 Å². The smallest absolute Gasteiger partial charge is 0.399 e. The van der Waals surface area contributed by atoms with Crippen LogP contribution in [0.25, 0.3) is 0 Å². The lowest BCUT2D eigenvalue weighted by Crippen LogP contribution is -2.18. The van der Waals surface area contributed by atoms with Crippen LogP contribution in [0.4, 0.5) is 16.2 Å². The van der Waals surface area contributed by atoms with Crippen LogP contribution in [-0.2, 0) is 9.47 Å². The van der Waals surface area contributed by atoms with Crippen molar-refractivity contribution in [2.45, 2.75) is 0 Å². The Kier molecular flexibility index (Phi) is 4.38. The van der Waals surface area contributed by atoms with Gasteiger partial charge in [0.05, 0.1) is 11.1 Å². The fourth-order valence-corrected chi connectivity index (χ4v) is 1.62. The molecule has 0 aliphatic heterocycles. The molecule has 112 valence electrons. The fraction of sp³-hybridized carbons (Fsp3) is 0. The molecule has 0 amide bonds. The molecule has 0 bridgehead atoms. The SMILES string of the molecule is Nc1cccc(C(=O)OC(=O)OC(=O)c2cccc(N)c2)c1. The third-order valence-electron chi connectivity index (χ3n) is 2.60. The summed E-state index contributed by atoms with van der Waals surface area (Å²) in [7, 11) is 0. The quantitative estimate of drug-likeness (QED) is 0.494. The third kappa shape index (κ3) is 3.83. The first-order valence-corrected chi connectivity index (χ1v) is 6.15. The van der Waals surface area contributed by atoms with E-state index in [1.807, 2.05) is 0 Å². The van der Waals surface area contributed by atoms with Crippen molar-refractivity contribution in [3.8, 4) is 0 Å². The number of benzene rings is 2. The minimum absolute atomic E-state index is 0.0633. The zero-order valence-corrected chi connectivity index (χ0v) is 11.3. The summed E-state index contributed by atoms with van der Waals surface area (Å²) in [5.41, 5.74) is 11.8. The number of nitrogen functional groups attached to an aromatic ring is 2. The van der Waals surface area contributed by atoms with Gasteiger partial charge in [0, 0.05) is 11.4 Å². The van der Waals surface area contributed by atoms with E-state index in [0.29, 0.717) is 11.4 Å². The highest BCUT2D eigenvalue weighted by Crippen LogP contribution is 2.10. The molecule has 0 unspecified atom stereocenters. The summed E-state index contributed by atoms with van der Waals surface area (Å²) in [6.45, 7) is 0. The van der Waals surface area contributed by atoms with Gasteiger partial charge in [-0.05, 0) is 36.4 Å². The van der Waals surface area contributed by atoms with E-state index in [-0.39, 0.29) is 11.1 Å². The summed E-state index contributed by atoms with van der Waals surface area (Å²) in [6.07, 6.45) is -1.43. The first-order valence-electron chi connectivity index (χ1n) is 6.15. The Bertz CT molecular complexity index is 681. The molecule has 7 nitrogen and oxygen atoms in total. The lowest BCUT2D eigenvalue weighted by Gasteiger charge is -2.04. The molecule has 0 fully saturated rings. The molecular weight excluding hydrogens is 288 g/mol. The van der Waals surface area contributed by atoms with Gasteiger partial charge in [0.1, 0.15) is 0 Å².